The van der Waals surface area contributed by atoms with E-state index in [4.69, 9.17) is 21.4 Å². The van der Waals surface area contributed by atoms with Gasteiger partial charge < -0.3 is 9.84 Å². The number of hydrogen-bond donors (Lipinski definition) is 1. The molecule has 108 valence electrons. The average molecular weight is 308 g/mol. The highest BCUT2D eigenvalue weighted by atomic mass is 35.5. The summed E-state index contributed by atoms with van der Waals surface area (Å²) >= 11 is 6.01. The van der Waals surface area contributed by atoms with Crippen LogP contribution in [0.5, 0.6) is 11.5 Å². The number of nitro groups is 1. The van der Waals surface area contributed by atoms with E-state index >= 15 is 0 Å². The molecule has 0 aromatic heterocycles. The normalized spacial score (nSPS) is 10.2. The largest absolute Gasteiger partial charge is 0.477 e. The molecule has 0 bridgehead atoms. The van der Waals surface area contributed by atoms with E-state index in [9.17, 15) is 14.9 Å². The topological polar surface area (TPSA) is 89.7 Å². The molecular weight excluding hydrogens is 298 g/mol. The highest BCUT2D eigenvalue weighted by molar-refractivity contribution is 6.32. The van der Waals surface area contributed by atoms with Crippen LogP contribution in [0.1, 0.15) is 15.9 Å². The zero-order chi connectivity index (χ0) is 15.6. The van der Waals surface area contributed by atoms with Crippen LogP contribution in [0.15, 0.2) is 36.4 Å². The second kappa shape index (κ2) is 5.80. The Bertz CT molecular complexity index is 729. The number of rotatable bonds is 4. The summed E-state index contributed by atoms with van der Waals surface area (Å²) in [4.78, 5) is 21.1. The maximum atomic E-state index is 10.9. The molecule has 0 atom stereocenters. The van der Waals surface area contributed by atoms with Gasteiger partial charge in [-0.2, -0.15) is 0 Å². The summed E-state index contributed by atoms with van der Waals surface area (Å²) in [6.07, 6.45) is 0. The molecule has 0 fully saturated rings. The van der Waals surface area contributed by atoms with Gasteiger partial charge in [-0.1, -0.05) is 17.7 Å². The Labute approximate surface area is 124 Å². The highest BCUT2D eigenvalue weighted by Gasteiger charge is 2.21. The van der Waals surface area contributed by atoms with Gasteiger partial charge in [-0.15, -0.1) is 0 Å². The van der Waals surface area contributed by atoms with Crippen LogP contribution in [-0.2, 0) is 0 Å². The molecule has 0 aliphatic rings. The Hall–Kier alpha value is -2.60. The van der Waals surface area contributed by atoms with Gasteiger partial charge in [-0.3, -0.25) is 10.1 Å². The standard InChI is InChI=1S/C14H10ClNO5/c1-8-2-5-13(11(15)6-8)21-9-3-4-10(14(17)18)12(7-9)16(19)20/h2-7H,1H3,(H,17,18). The SMILES string of the molecule is Cc1ccc(Oc2ccc(C(=O)O)c([N+](=O)[O-])c2)c(Cl)c1. The van der Waals surface area contributed by atoms with Gasteiger partial charge in [0.25, 0.3) is 5.69 Å². The molecule has 0 spiro atoms. The van der Waals surface area contributed by atoms with Crippen LogP contribution in [-0.4, -0.2) is 16.0 Å². The second-order valence-electron chi connectivity index (χ2n) is 4.28. The van der Waals surface area contributed by atoms with Crippen molar-refractivity contribution < 1.29 is 19.6 Å². The molecule has 7 heteroatoms. The van der Waals surface area contributed by atoms with Crippen molar-refractivity contribution in [3.05, 3.63) is 62.7 Å². The number of aromatic carboxylic acids is 1. The summed E-state index contributed by atoms with van der Waals surface area (Å²) in [6, 6.07) is 8.62. The number of benzene rings is 2. The first-order valence-electron chi connectivity index (χ1n) is 5.84. The number of aryl methyl sites for hydroxylation is 1. The maximum absolute atomic E-state index is 10.9. The van der Waals surface area contributed by atoms with Crippen molar-refractivity contribution in [3.63, 3.8) is 0 Å². The lowest BCUT2D eigenvalue weighted by atomic mass is 10.1. The molecule has 0 heterocycles. The number of hydrogen-bond acceptors (Lipinski definition) is 4. The molecule has 0 saturated heterocycles. The Morgan fingerprint density at radius 1 is 1.29 bits per heavy atom. The number of ether oxygens (including phenoxy) is 1. The Morgan fingerprint density at radius 3 is 2.57 bits per heavy atom. The van der Waals surface area contributed by atoms with E-state index in [1.807, 2.05) is 6.92 Å². The monoisotopic (exact) mass is 307 g/mol. The Kier molecular flexibility index (Phi) is 4.09. The molecular formula is C14H10ClNO5. The number of carbonyl (C=O) groups is 1. The van der Waals surface area contributed by atoms with Crippen molar-refractivity contribution in [1.82, 2.24) is 0 Å². The lowest BCUT2D eigenvalue weighted by Crippen LogP contribution is -2.02. The summed E-state index contributed by atoms with van der Waals surface area (Å²) in [5, 5.41) is 20.2. The van der Waals surface area contributed by atoms with Crippen LogP contribution in [0.3, 0.4) is 0 Å². The fraction of sp³-hybridized carbons (Fsp3) is 0.0714. The van der Waals surface area contributed by atoms with Crippen LogP contribution in [0.4, 0.5) is 5.69 Å². The molecule has 6 nitrogen and oxygen atoms in total. The fourth-order valence-corrected chi connectivity index (χ4v) is 2.00. The minimum atomic E-state index is -1.37. The molecule has 0 aliphatic heterocycles. The second-order valence-corrected chi connectivity index (χ2v) is 4.68. The highest BCUT2D eigenvalue weighted by Crippen LogP contribution is 2.32. The molecule has 2 rings (SSSR count). The predicted molar refractivity (Wildman–Crippen MR) is 76.3 cm³/mol. The lowest BCUT2D eigenvalue weighted by Gasteiger charge is -2.08. The number of nitrogens with zero attached hydrogens (tertiary/aromatic N) is 1. The van der Waals surface area contributed by atoms with Gasteiger partial charge in [0.15, 0.2) is 0 Å². The number of halogens is 1. The van der Waals surface area contributed by atoms with Crippen LogP contribution in [0.2, 0.25) is 5.02 Å². The third-order valence-electron chi connectivity index (χ3n) is 2.71. The van der Waals surface area contributed by atoms with Crippen molar-refractivity contribution in [1.29, 1.82) is 0 Å². The van der Waals surface area contributed by atoms with Gasteiger partial charge in [0.05, 0.1) is 16.0 Å². The van der Waals surface area contributed by atoms with Gasteiger partial charge in [0, 0.05) is 0 Å². The van der Waals surface area contributed by atoms with E-state index in [1.54, 1.807) is 18.2 Å². The van der Waals surface area contributed by atoms with E-state index in [1.165, 1.54) is 6.07 Å². The van der Waals surface area contributed by atoms with Gasteiger partial charge in [0.2, 0.25) is 0 Å². The van der Waals surface area contributed by atoms with E-state index < -0.39 is 22.1 Å². The van der Waals surface area contributed by atoms with Crippen molar-refractivity contribution >= 4 is 23.3 Å². The van der Waals surface area contributed by atoms with Gasteiger partial charge in [-0.05, 0) is 36.8 Å². The molecule has 0 saturated carbocycles. The van der Waals surface area contributed by atoms with Crippen LogP contribution >= 0.6 is 11.6 Å². The minimum absolute atomic E-state index is 0.137. The van der Waals surface area contributed by atoms with E-state index in [-0.39, 0.29) is 5.75 Å². The zero-order valence-electron chi connectivity index (χ0n) is 10.9. The molecule has 1 N–H and O–H groups in total. The third-order valence-corrected chi connectivity index (χ3v) is 3.01. The smallest absolute Gasteiger partial charge is 0.342 e. The summed E-state index contributed by atoms with van der Waals surface area (Å²) < 4.78 is 5.46. The summed E-state index contributed by atoms with van der Waals surface area (Å²) in [7, 11) is 0. The fourth-order valence-electron chi connectivity index (χ4n) is 1.72. The van der Waals surface area contributed by atoms with Crippen molar-refractivity contribution in [3.8, 4) is 11.5 Å². The lowest BCUT2D eigenvalue weighted by molar-refractivity contribution is -0.385. The molecule has 0 amide bonds. The zero-order valence-corrected chi connectivity index (χ0v) is 11.6. The molecule has 21 heavy (non-hydrogen) atoms. The van der Waals surface area contributed by atoms with Crippen LogP contribution in [0, 0.1) is 17.0 Å². The number of carboxylic acids is 1. The quantitative estimate of drug-likeness (QED) is 0.680. The summed E-state index contributed by atoms with van der Waals surface area (Å²) in [6.45, 7) is 1.86. The van der Waals surface area contributed by atoms with Crippen LogP contribution in [0.25, 0.3) is 0 Å². The first-order chi connectivity index (χ1) is 9.88. The predicted octanol–water partition coefficient (Wildman–Crippen LogP) is 4.05. The molecule has 0 unspecified atom stereocenters. The minimum Gasteiger partial charge on any atom is -0.477 e. The van der Waals surface area contributed by atoms with Gasteiger partial charge in [-0.25, -0.2) is 4.79 Å². The first-order valence-corrected chi connectivity index (χ1v) is 6.22. The molecule has 2 aromatic rings. The van der Waals surface area contributed by atoms with E-state index in [2.05, 4.69) is 0 Å². The van der Waals surface area contributed by atoms with Gasteiger partial charge >= 0.3 is 5.97 Å². The van der Waals surface area contributed by atoms with E-state index in [0.29, 0.717) is 10.8 Å². The molecule has 0 aliphatic carbocycles. The van der Waals surface area contributed by atoms with Crippen molar-refractivity contribution in [2.75, 3.05) is 0 Å². The number of nitro benzene ring substituents is 1. The molecule has 0 radical (unpaired) electrons. The van der Waals surface area contributed by atoms with Crippen LogP contribution < -0.4 is 4.74 Å². The first kappa shape index (κ1) is 14.8. The molecule has 2 aromatic carbocycles. The van der Waals surface area contributed by atoms with E-state index in [0.717, 1.165) is 17.7 Å². The third kappa shape index (κ3) is 3.29. The summed E-state index contributed by atoms with van der Waals surface area (Å²) in [5.41, 5.74) is 0.00476. The Balaban J connectivity index is 2.39. The average Bonchev–Trinajstić information content (AvgIpc) is 2.41. The van der Waals surface area contributed by atoms with Crippen molar-refractivity contribution in [2.24, 2.45) is 0 Å². The summed E-state index contributed by atoms with van der Waals surface area (Å²) in [5.74, 6) is -0.904. The van der Waals surface area contributed by atoms with Crippen molar-refractivity contribution in [2.45, 2.75) is 6.92 Å². The Morgan fingerprint density at radius 2 is 2.00 bits per heavy atom. The van der Waals surface area contributed by atoms with Gasteiger partial charge in [0.1, 0.15) is 17.1 Å². The number of carboxylic acid groups (broad SMARTS) is 1. The maximum Gasteiger partial charge on any atom is 0.342 e.